The number of nitrogens with zero attached hydrogens (tertiary/aromatic N) is 2. The Hall–Kier alpha value is -2.43. The number of aromatic nitrogens is 2. The highest BCUT2D eigenvalue weighted by atomic mass is 79.9. The second kappa shape index (κ2) is 7.21. The van der Waals surface area contributed by atoms with Crippen LogP contribution in [0.1, 0.15) is 11.4 Å². The molecule has 0 spiro atoms. The lowest BCUT2D eigenvalue weighted by molar-refractivity contribution is 0.415. The van der Waals surface area contributed by atoms with Crippen LogP contribution < -0.4 is 10.3 Å². The maximum Gasteiger partial charge on any atom is 0.259 e. The lowest BCUT2D eigenvalue weighted by Crippen LogP contribution is -2.11. The molecule has 1 N–H and O–H groups in total. The highest BCUT2D eigenvalue weighted by Gasteiger charge is 2.11. The van der Waals surface area contributed by atoms with Crippen LogP contribution in [-0.2, 0) is 0 Å². The number of nitrogens with one attached hydrogen (secondary N) is 1. The number of aromatic amines is 1. The molecule has 0 unspecified atom stereocenters. The Bertz CT molecular complexity index is 1080. The molecule has 0 aliphatic rings. The van der Waals surface area contributed by atoms with Gasteiger partial charge in [-0.1, -0.05) is 28.1 Å². The summed E-state index contributed by atoms with van der Waals surface area (Å²) < 4.78 is 6.55. The molecule has 0 fully saturated rings. The third-order valence-electron chi connectivity index (χ3n) is 3.53. The summed E-state index contributed by atoms with van der Waals surface area (Å²) in [5, 5.41) is 9.93. The number of methoxy groups -OCH3 is 1. The lowest BCUT2D eigenvalue weighted by atomic mass is 10.1. The normalized spacial score (nSPS) is 11.4. The van der Waals surface area contributed by atoms with Crippen molar-refractivity contribution in [3.63, 3.8) is 0 Å². The maximum atomic E-state index is 12.4. The first-order chi connectivity index (χ1) is 12.0. The molecule has 5 nitrogen and oxygen atoms in total. The highest BCUT2D eigenvalue weighted by Crippen LogP contribution is 2.26. The first-order valence-corrected chi connectivity index (χ1v) is 8.75. The third kappa shape index (κ3) is 3.65. The van der Waals surface area contributed by atoms with Gasteiger partial charge in [-0.25, -0.2) is 4.98 Å². The van der Waals surface area contributed by atoms with Gasteiger partial charge in [-0.2, -0.15) is 5.26 Å². The Morgan fingerprint density at radius 3 is 2.64 bits per heavy atom. The van der Waals surface area contributed by atoms with Crippen molar-refractivity contribution in [2.24, 2.45) is 0 Å². The van der Waals surface area contributed by atoms with Gasteiger partial charge in [0.05, 0.1) is 23.6 Å². The molecule has 7 heteroatoms. The Morgan fingerprint density at radius 1 is 1.28 bits per heavy atom. The zero-order chi connectivity index (χ0) is 18.0. The van der Waals surface area contributed by atoms with E-state index in [-0.39, 0.29) is 17.0 Å². The molecule has 2 aromatic carbocycles. The molecule has 1 heterocycles. The first kappa shape index (κ1) is 17.4. The van der Waals surface area contributed by atoms with Gasteiger partial charge in [-0.3, -0.25) is 4.79 Å². The average molecular weight is 461 g/mol. The molecule has 0 atom stereocenters. The van der Waals surface area contributed by atoms with E-state index in [4.69, 9.17) is 4.74 Å². The number of allylic oxidation sites excluding steroid dienone is 1. The van der Waals surface area contributed by atoms with E-state index in [1.807, 2.05) is 12.1 Å². The molecule has 1 aromatic heterocycles. The fourth-order valence-electron chi connectivity index (χ4n) is 2.32. The Balaban J connectivity index is 2.14. The van der Waals surface area contributed by atoms with Gasteiger partial charge >= 0.3 is 0 Å². The third-order valence-corrected chi connectivity index (χ3v) is 4.59. The Kier molecular flexibility index (Phi) is 5.02. The van der Waals surface area contributed by atoms with Gasteiger partial charge in [0.15, 0.2) is 5.82 Å². The van der Waals surface area contributed by atoms with Crippen molar-refractivity contribution in [1.82, 2.24) is 9.97 Å². The van der Waals surface area contributed by atoms with Crippen molar-refractivity contribution >= 4 is 54.4 Å². The van der Waals surface area contributed by atoms with E-state index < -0.39 is 0 Å². The number of benzene rings is 2. The molecule has 0 saturated carbocycles. The SMILES string of the molecule is COc1ccc(/C=C(\C#N)c2nc3c(Br)cc(Br)cc3c(=O)[nH]2)cc1. The maximum absolute atomic E-state index is 12.4. The van der Waals surface area contributed by atoms with E-state index in [0.717, 1.165) is 15.8 Å². The summed E-state index contributed by atoms with van der Waals surface area (Å²) in [6.07, 6.45) is 1.66. The minimum absolute atomic E-state index is 0.221. The van der Waals surface area contributed by atoms with Crippen LogP contribution in [0.3, 0.4) is 0 Å². The summed E-state index contributed by atoms with van der Waals surface area (Å²) in [7, 11) is 1.59. The molecule has 0 radical (unpaired) electrons. The van der Waals surface area contributed by atoms with Crippen LogP contribution in [0, 0.1) is 11.3 Å². The van der Waals surface area contributed by atoms with Crippen LogP contribution in [-0.4, -0.2) is 17.1 Å². The molecule has 124 valence electrons. The standard InChI is InChI=1S/C18H11Br2N3O2/c1-25-13-4-2-10(3-5-13)6-11(9-21)17-22-16-14(18(24)23-17)7-12(19)8-15(16)20/h2-8H,1H3,(H,22,23,24)/b11-6+. The Morgan fingerprint density at radius 2 is 2.00 bits per heavy atom. The number of H-pyrrole nitrogens is 1. The summed E-state index contributed by atoms with van der Waals surface area (Å²) in [6, 6.07) is 12.8. The van der Waals surface area contributed by atoms with Gasteiger partial charge in [-0.15, -0.1) is 0 Å². The fourth-order valence-corrected chi connectivity index (χ4v) is 3.63. The van der Waals surface area contributed by atoms with E-state index in [0.29, 0.717) is 15.4 Å². The van der Waals surface area contributed by atoms with Gasteiger partial charge in [0, 0.05) is 8.95 Å². The largest absolute Gasteiger partial charge is 0.497 e. The van der Waals surface area contributed by atoms with Crippen LogP contribution in [0.4, 0.5) is 0 Å². The summed E-state index contributed by atoms with van der Waals surface area (Å²) in [5.74, 6) is 0.946. The number of nitriles is 1. The number of hydrogen-bond donors (Lipinski definition) is 1. The molecule has 0 saturated heterocycles. The molecule has 0 aliphatic carbocycles. The molecule has 0 amide bonds. The van der Waals surface area contributed by atoms with E-state index >= 15 is 0 Å². The van der Waals surface area contributed by atoms with Crippen LogP contribution in [0.15, 0.2) is 50.1 Å². The molecule has 0 aliphatic heterocycles. The predicted molar refractivity (Wildman–Crippen MR) is 104 cm³/mol. The average Bonchev–Trinajstić information content (AvgIpc) is 2.61. The Labute approximate surface area is 160 Å². The molecule has 0 bridgehead atoms. The van der Waals surface area contributed by atoms with Crippen molar-refractivity contribution in [2.75, 3.05) is 7.11 Å². The zero-order valence-electron chi connectivity index (χ0n) is 13.0. The smallest absolute Gasteiger partial charge is 0.259 e. The summed E-state index contributed by atoms with van der Waals surface area (Å²) >= 11 is 6.76. The van der Waals surface area contributed by atoms with E-state index in [1.54, 1.807) is 37.5 Å². The highest BCUT2D eigenvalue weighted by molar-refractivity contribution is 9.11. The fraction of sp³-hybridized carbons (Fsp3) is 0.0556. The van der Waals surface area contributed by atoms with Crippen molar-refractivity contribution < 1.29 is 4.74 Å². The first-order valence-electron chi connectivity index (χ1n) is 7.17. The zero-order valence-corrected chi connectivity index (χ0v) is 16.2. The number of halogens is 2. The topological polar surface area (TPSA) is 78.8 Å². The molecule has 3 rings (SSSR count). The number of hydrogen-bond acceptors (Lipinski definition) is 4. The van der Waals surface area contributed by atoms with E-state index in [2.05, 4.69) is 47.9 Å². The minimum atomic E-state index is -0.308. The van der Waals surface area contributed by atoms with Crippen LogP contribution in [0.2, 0.25) is 0 Å². The predicted octanol–water partition coefficient (Wildman–Crippen LogP) is 4.52. The van der Waals surface area contributed by atoms with Crippen molar-refractivity contribution in [3.05, 3.63) is 67.1 Å². The van der Waals surface area contributed by atoms with Crippen molar-refractivity contribution in [1.29, 1.82) is 5.26 Å². The van der Waals surface area contributed by atoms with Crippen molar-refractivity contribution in [2.45, 2.75) is 0 Å². The van der Waals surface area contributed by atoms with Crippen LogP contribution >= 0.6 is 31.9 Å². The van der Waals surface area contributed by atoms with Crippen LogP contribution in [0.25, 0.3) is 22.6 Å². The molecule has 3 aromatic rings. The van der Waals surface area contributed by atoms with Gasteiger partial charge in [-0.05, 0) is 51.8 Å². The summed E-state index contributed by atoms with van der Waals surface area (Å²) in [6.45, 7) is 0. The summed E-state index contributed by atoms with van der Waals surface area (Å²) in [5.41, 5.74) is 1.25. The molecular formula is C18H11Br2N3O2. The molecular weight excluding hydrogens is 450 g/mol. The monoisotopic (exact) mass is 459 g/mol. The van der Waals surface area contributed by atoms with Gasteiger partial charge < -0.3 is 9.72 Å². The minimum Gasteiger partial charge on any atom is -0.497 e. The van der Waals surface area contributed by atoms with E-state index in [9.17, 15) is 10.1 Å². The van der Waals surface area contributed by atoms with Crippen molar-refractivity contribution in [3.8, 4) is 11.8 Å². The lowest BCUT2D eigenvalue weighted by Gasteiger charge is -2.05. The number of ether oxygens (including phenoxy) is 1. The van der Waals surface area contributed by atoms with Gasteiger partial charge in [0.1, 0.15) is 11.8 Å². The summed E-state index contributed by atoms with van der Waals surface area (Å²) in [4.78, 5) is 19.5. The second-order valence-electron chi connectivity index (χ2n) is 5.14. The second-order valence-corrected chi connectivity index (χ2v) is 6.91. The van der Waals surface area contributed by atoms with Crippen LogP contribution in [0.5, 0.6) is 5.75 Å². The molecule has 25 heavy (non-hydrogen) atoms. The van der Waals surface area contributed by atoms with Gasteiger partial charge in [0.2, 0.25) is 0 Å². The number of rotatable bonds is 3. The number of fused-ring (bicyclic) bond motifs is 1. The van der Waals surface area contributed by atoms with E-state index in [1.165, 1.54) is 0 Å². The van der Waals surface area contributed by atoms with Gasteiger partial charge in [0.25, 0.3) is 5.56 Å². The quantitative estimate of drug-likeness (QED) is 0.582.